The second-order valence-electron chi connectivity index (χ2n) is 14.7. The lowest BCUT2D eigenvalue weighted by Crippen LogP contribution is -2.04. The summed E-state index contributed by atoms with van der Waals surface area (Å²) < 4.78 is 21.8. The van der Waals surface area contributed by atoms with Crippen LogP contribution in [0, 0.1) is 0 Å². The van der Waals surface area contributed by atoms with Gasteiger partial charge in [0.1, 0.15) is 82.3 Å². The largest absolute Gasteiger partial charge is 0.508 e. The van der Waals surface area contributed by atoms with Crippen LogP contribution in [0.3, 0.4) is 0 Å². The van der Waals surface area contributed by atoms with Gasteiger partial charge in [0, 0.05) is 55.6 Å². The fourth-order valence-electron chi connectivity index (χ4n) is 7.54. The zero-order valence-corrected chi connectivity index (χ0v) is 32.9. The summed E-state index contributed by atoms with van der Waals surface area (Å²) in [5, 5.41) is 81.3. The SMILES string of the molecule is O=C(c1cc(-c2conc2-c2ccc(O)cc2)c(O)c(-c2conc2-c2ccc(O)cc2)c1)c1cc(-c2conc2-c2ccc(O)cc2)c(O)c(-c2conc2-c2ccc(O)cc2)c1. The number of benzene rings is 6. The van der Waals surface area contributed by atoms with E-state index in [1.54, 1.807) is 48.5 Å². The van der Waals surface area contributed by atoms with Crippen LogP contribution in [0.1, 0.15) is 15.9 Å². The first-order valence-corrected chi connectivity index (χ1v) is 19.4. The quantitative estimate of drug-likeness (QED) is 0.0701. The molecule has 4 heterocycles. The molecule has 0 amide bonds. The number of carbonyl (C=O) groups is 1. The molecule has 0 radical (unpaired) electrons. The summed E-state index contributed by atoms with van der Waals surface area (Å²) in [5.74, 6) is -1.03. The van der Waals surface area contributed by atoms with Gasteiger partial charge in [-0.2, -0.15) is 0 Å². The molecule has 10 aromatic rings. The first-order valence-electron chi connectivity index (χ1n) is 19.4. The number of rotatable bonds is 10. The smallest absolute Gasteiger partial charge is 0.193 e. The third kappa shape index (κ3) is 6.90. The highest BCUT2D eigenvalue weighted by molar-refractivity contribution is 6.13. The summed E-state index contributed by atoms with van der Waals surface area (Å²) in [6, 6.07) is 30.8. The molecule has 6 aromatic carbocycles. The summed E-state index contributed by atoms with van der Waals surface area (Å²) in [4.78, 5) is 15.3. The Morgan fingerprint density at radius 3 is 0.766 bits per heavy atom. The van der Waals surface area contributed by atoms with Crippen LogP contribution in [0.25, 0.3) is 89.5 Å². The number of nitrogens with zero attached hydrogens (tertiary/aromatic N) is 4. The minimum atomic E-state index is -0.569. The van der Waals surface area contributed by atoms with Crippen LogP contribution in [0.5, 0.6) is 34.5 Å². The topological polar surface area (TPSA) is 243 Å². The van der Waals surface area contributed by atoms with Crippen LogP contribution < -0.4 is 0 Å². The van der Waals surface area contributed by atoms with E-state index in [1.807, 2.05) is 0 Å². The Bertz CT molecular complexity index is 2910. The van der Waals surface area contributed by atoms with Crippen LogP contribution in [0.4, 0.5) is 0 Å². The van der Waals surface area contributed by atoms with Crippen molar-refractivity contribution in [3.8, 4) is 124 Å². The van der Waals surface area contributed by atoms with Crippen molar-refractivity contribution < 1.29 is 53.5 Å². The normalized spacial score (nSPS) is 11.2. The van der Waals surface area contributed by atoms with Gasteiger partial charge in [-0.25, -0.2) is 0 Å². The molecule has 0 atom stereocenters. The van der Waals surface area contributed by atoms with Crippen molar-refractivity contribution in [3.63, 3.8) is 0 Å². The van der Waals surface area contributed by atoms with E-state index in [-0.39, 0.29) is 67.9 Å². The van der Waals surface area contributed by atoms with E-state index < -0.39 is 5.78 Å². The maximum atomic E-state index is 15.3. The van der Waals surface area contributed by atoms with Gasteiger partial charge in [0.05, 0.1) is 22.3 Å². The molecule has 312 valence electrons. The van der Waals surface area contributed by atoms with Gasteiger partial charge in [-0.3, -0.25) is 4.79 Å². The van der Waals surface area contributed by atoms with Crippen LogP contribution in [-0.4, -0.2) is 57.0 Å². The van der Waals surface area contributed by atoms with E-state index in [1.165, 1.54) is 97.8 Å². The maximum absolute atomic E-state index is 15.3. The van der Waals surface area contributed by atoms with Crippen molar-refractivity contribution in [2.45, 2.75) is 0 Å². The maximum Gasteiger partial charge on any atom is 0.193 e. The van der Waals surface area contributed by atoms with Gasteiger partial charge < -0.3 is 48.7 Å². The number of phenolic OH excluding ortho intramolecular Hbond substituents is 6. The standard InChI is InChI=1S/C49H30N4O11/c54-31-9-1-25(2-10-31)43-39(21-61-50-43)35-17-29(18-36(48(35)59)40-22-62-51-44(40)26-3-11-32(55)12-4-26)47(58)30-19-37(41-23-63-52-45(41)27-5-13-33(56)14-6-27)49(60)38(20-30)42-24-64-53-46(42)28-7-15-34(57)16-8-28/h1-24,54-57,59-60H. The molecule has 64 heavy (non-hydrogen) atoms. The predicted octanol–water partition coefficient (Wildman–Crippen LogP) is 10.4. The van der Waals surface area contributed by atoms with Crippen molar-refractivity contribution in [2.24, 2.45) is 0 Å². The Balaban J connectivity index is 1.20. The number of hydrogen-bond donors (Lipinski definition) is 6. The molecule has 0 aliphatic rings. The first kappa shape index (κ1) is 38.8. The summed E-state index contributed by atoms with van der Waals surface area (Å²) in [5.41, 5.74) is 5.28. The molecule has 0 bridgehead atoms. The molecule has 0 spiro atoms. The number of hydrogen-bond acceptors (Lipinski definition) is 15. The molecule has 0 aliphatic carbocycles. The van der Waals surface area contributed by atoms with Crippen LogP contribution >= 0.6 is 0 Å². The van der Waals surface area contributed by atoms with Crippen molar-refractivity contribution in [1.82, 2.24) is 20.6 Å². The van der Waals surface area contributed by atoms with Gasteiger partial charge in [0.2, 0.25) is 0 Å². The van der Waals surface area contributed by atoms with E-state index >= 15 is 4.79 Å². The van der Waals surface area contributed by atoms with Gasteiger partial charge in [-0.05, 0) is 121 Å². The Morgan fingerprint density at radius 1 is 0.328 bits per heavy atom. The van der Waals surface area contributed by atoms with Crippen LogP contribution in [-0.2, 0) is 0 Å². The lowest BCUT2D eigenvalue weighted by atomic mass is 9.88. The van der Waals surface area contributed by atoms with E-state index in [9.17, 15) is 30.6 Å². The lowest BCUT2D eigenvalue weighted by molar-refractivity contribution is 0.103. The number of ketones is 1. The summed E-state index contributed by atoms with van der Waals surface area (Å²) in [6.45, 7) is 0. The summed E-state index contributed by atoms with van der Waals surface area (Å²) >= 11 is 0. The third-order valence-corrected chi connectivity index (χ3v) is 10.7. The minimum absolute atomic E-state index is 0.0242. The minimum Gasteiger partial charge on any atom is -0.508 e. The highest BCUT2D eigenvalue weighted by Gasteiger charge is 2.28. The average molecular weight is 851 g/mol. The van der Waals surface area contributed by atoms with Crippen molar-refractivity contribution >= 4 is 5.78 Å². The molecule has 0 fully saturated rings. The van der Waals surface area contributed by atoms with Crippen molar-refractivity contribution in [3.05, 3.63) is 158 Å². The molecular formula is C49H30N4O11. The number of aromatic nitrogens is 4. The van der Waals surface area contributed by atoms with Gasteiger partial charge in [0.15, 0.2) is 5.78 Å². The zero-order chi connectivity index (χ0) is 44.1. The number of aromatic hydroxyl groups is 6. The molecule has 4 aromatic heterocycles. The second kappa shape index (κ2) is 15.6. The average Bonchev–Trinajstić information content (AvgIpc) is 4.16. The molecule has 0 unspecified atom stereocenters. The molecule has 0 aliphatic heterocycles. The predicted molar refractivity (Wildman–Crippen MR) is 230 cm³/mol. The van der Waals surface area contributed by atoms with Crippen molar-refractivity contribution in [2.75, 3.05) is 0 Å². The highest BCUT2D eigenvalue weighted by Crippen LogP contribution is 2.48. The molecule has 0 saturated carbocycles. The highest BCUT2D eigenvalue weighted by atomic mass is 16.5. The number of carbonyl (C=O) groups excluding carboxylic acids is 1. The van der Waals surface area contributed by atoms with Crippen molar-refractivity contribution in [1.29, 1.82) is 0 Å². The van der Waals surface area contributed by atoms with Gasteiger partial charge in [-0.1, -0.05) is 20.6 Å². The van der Waals surface area contributed by atoms with E-state index in [2.05, 4.69) is 20.6 Å². The van der Waals surface area contributed by atoms with Crippen LogP contribution in [0.2, 0.25) is 0 Å². The summed E-state index contributed by atoms with van der Waals surface area (Å²) in [7, 11) is 0. The molecular weight excluding hydrogens is 821 g/mol. The van der Waals surface area contributed by atoms with Gasteiger partial charge in [-0.15, -0.1) is 0 Å². The fraction of sp³-hybridized carbons (Fsp3) is 0. The third-order valence-electron chi connectivity index (χ3n) is 10.7. The van der Waals surface area contributed by atoms with Crippen LogP contribution in [0.15, 0.2) is 164 Å². The van der Waals surface area contributed by atoms with E-state index in [0.717, 1.165) is 0 Å². The molecule has 15 nitrogen and oxygen atoms in total. The Labute approximate surface area is 360 Å². The zero-order valence-electron chi connectivity index (χ0n) is 32.9. The first-order chi connectivity index (χ1) is 31.1. The number of phenols is 6. The molecule has 6 N–H and O–H groups in total. The fourth-order valence-corrected chi connectivity index (χ4v) is 7.54. The summed E-state index contributed by atoms with van der Waals surface area (Å²) in [6.07, 6.45) is 5.31. The molecule has 0 saturated heterocycles. The van der Waals surface area contributed by atoms with Gasteiger partial charge >= 0.3 is 0 Å². The Kier molecular flexibility index (Phi) is 9.45. The Morgan fingerprint density at radius 2 is 0.547 bits per heavy atom. The van der Waals surface area contributed by atoms with E-state index in [0.29, 0.717) is 67.3 Å². The molecule has 10 rings (SSSR count). The Hall–Kier alpha value is -9.37. The lowest BCUT2D eigenvalue weighted by Gasteiger charge is -2.15. The van der Waals surface area contributed by atoms with E-state index in [4.69, 9.17) is 18.1 Å². The second-order valence-corrected chi connectivity index (χ2v) is 14.7. The van der Waals surface area contributed by atoms with Gasteiger partial charge in [0.25, 0.3) is 0 Å². The monoisotopic (exact) mass is 850 g/mol. The molecule has 15 heteroatoms.